The third kappa shape index (κ3) is 4.48. The number of rotatable bonds is 5. The first-order chi connectivity index (χ1) is 13.3. The minimum Gasteiger partial charge on any atom is -0.363 e. The standard InChI is InChI=1S/C22H28FN5/c1-16(2)10-17-11-20(23)19(13-24)21(12-17)28-9-8-27(15-22(28,3)4)14-18-6-5-7-25-26-18/h5-7,11-12,16H,8-10,14-15H2,1-4H3. The van der Waals surface area contributed by atoms with Gasteiger partial charge in [-0.3, -0.25) is 4.90 Å². The van der Waals surface area contributed by atoms with Crippen molar-refractivity contribution in [2.45, 2.75) is 46.2 Å². The summed E-state index contributed by atoms with van der Waals surface area (Å²) in [5, 5.41) is 17.7. The molecule has 0 bridgehead atoms. The first kappa shape index (κ1) is 20.2. The van der Waals surface area contributed by atoms with Gasteiger partial charge < -0.3 is 4.90 Å². The van der Waals surface area contributed by atoms with Crippen LogP contribution in [0.25, 0.3) is 0 Å². The molecule has 0 radical (unpaired) electrons. The predicted molar refractivity (Wildman–Crippen MR) is 108 cm³/mol. The molecule has 1 aliphatic rings. The molecule has 2 heterocycles. The normalized spacial score (nSPS) is 17.0. The third-order valence-electron chi connectivity index (χ3n) is 5.17. The minimum absolute atomic E-state index is 0.142. The summed E-state index contributed by atoms with van der Waals surface area (Å²) in [6, 6.07) is 9.47. The molecule has 0 amide bonds. The minimum atomic E-state index is -0.423. The van der Waals surface area contributed by atoms with Gasteiger partial charge in [-0.25, -0.2) is 4.39 Å². The van der Waals surface area contributed by atoms with Gasteiger partial charge in [0.1, 0.15) is 17.4 Å². The molecule has 1 aromatic heterocycles. The lowest BCUT2D eigenvalue weighted by Gasteiger charge is -2.48. The number of piperazine rings is 1. The molecule has 0 atom stereocenters. The highest BCUT2D eigenvalue weighted by Crippen LogP contribution is 2.33. The highest BCUT2D eigenvalue weighted by atomic mass is 19.1. The number of aromatic nitrogens is 2. The van der Waals surface area contributed by atoms with Crippen LogP contribution in [0.2, 0.25) is 0 Å². The van der Waals surface area contributed by atoms with E-state index in [1.165, 1.54) is 6.07 Å². The van der Waals surface area contributed by atoms with Gasteiger partial charge in [-0.05, 0) is 56.0 Å². The molecule has 28 heavy (non-hydrogen) atoms. The number of hydrogen-bond acceptors (Lipinski definition) is 5. The van der Waals surface area contributed by atoms with Crippen LogP contribution in [-0.2, 0) is 13.0 Å². The lowest BCUT2D eigenvalue weighted by molar-refractivity contribution is 0.173. The number of hydrogen-bond donors (Lipinski definition) is 0. The molecule has 0 unspecified atom stereocenters. The van der Waals surface area contributed by atoms with Crippen LogP contribution in [-0.4, -0.2) is 40.3 Å². The molecule has 5 nitrogen and oxygen atoms in total. The number of nitriles is 1. The largest absolute Gasteiger partial charge is 0.363 e. The quantitative estimate of drug-likeness (QED) is 0.789. The van der Waals surface area contributed by atoms with Crippen LogP contribution >= 0.6 is 0 Å². The first-order valence-corrected chi connectivity index (χ1v) is 9.79. The van der Waals surface area contributed by atoms with Crippen LogP contribution in [0.1, 0.15) is 44.5 Å². The molecule has 148 valence electrons. The van der Waals surface area contributed by atoms with Crippen LogP contribution in [0.4, 0.5) is 10.1 Å². The SMILES string of the molecule is CC(C)Cc1cc(F)c(C#N)c(N2CCN(Cc3cccnn3)CC2(C)C)c1. The van der Waals surface area contributed by atoms with Crippen molar-refractivity contribution in [3.63, 3.8) is 0 Å². The summed E-state index contributed by atoms with van der Waals surface area (Å²) in [5.74, 6) is 0.00506. The van der Waals surface area contributed by atoms with Crippen LogP contribution in [0.3, 0.4) is 0 Å². The molecular weight excluding hydrogens is 353 g/mol. The third-order valence-corrected chi connectivity index (χ3v) is 5.17. The van der Waals surface area contributed by atoms with E-state index in [0.29, 0.717) is 11.6 Å². The molecular formula is C22H28FN5. The highest BCUT2D eigenvalue weighted by molar-refractivity contribution is 5.63. The maximum Gasteiger partial charge on any atom is 0.143 e. The summed E-state index contributed by atoms with van der Waals surface area (Å²) < 4.78 is 14.7. The zero-order valence-electron chi connectivity index (χ0n) is 17.1. The summed E-state index contributed by atoms with van der Waals surface area (Å²) in [4.78, 5) is 4.52. The zero-order valence-corrected chi connectivity index (χ0v) is 17.1. The fourth-order valence-corrected chi connectivity index (χ4v) is 4.04. The molecule has 0 saturated carbocycles. The van der Waals surface area contributed by atoms with Crippen LogP contribution in [0, 0.1) is 23.1 Å². The number of nitrogens with zero attached hydrogens (tertiary/aromatic N) is 5. The van der Waals surface area contributed by atoms with E-state index in [1.807, 2.05) is 18.2 Å². The Morgan fingerprint density at radius 3 is 2.68 bits per heavy atom. The van der Waals surface area contributed by atoms with E-state index >= 15 is 0 Å². The van der Waals surface area contributed by atoms with Crippen molar-refractivity contribution in [2.24, 2.45) is 5.92 Å². The molecule has 0 aliphatic carbocycles. The number of benzene rings is 1. The van der Waals surface area contributed by atoms with E-state index in [1.54, 1.807) is 6.20 Å². The van der Waals surface area contributed by atoms with Gasteiger partial charge in [0, 0.05) is 37.9 Å². The average Bonchev–Trinajstić information content (AvgIpc) is 2.61. The van der Waals surface area contributed by atoms with Gasteiger partial charge in [0.05, 0.1) is 11.4 Å². The molecule has 2 aromatic rings. The molecule has 0 N–H and O–H groups in total. The maximum absolute atomic E-state index is 14.7. The monoisotopic (exact) mass is 381 g/mol. The smallest absolute Gasteiger partial charge is 0.143 e. The molecule has 6 heteroatoms. The van der Waals surface area contributed by atoms with Gasteiger partial charge in [-0.1, -0.05) is 13.8 Å². The van der Waals surface area contributed by atoms with Crippen molar-refractivity contribution in [1.82, 2.24) is 15.1 Å². The van der Waals surface area contributed by atoms with Crippen molar-refractivity contribution >= 4 is 5.69 Å². The van der Waals surface area contributed by atoms with Crippen LogP contribution < -0.4 is 4.90 Å². The summed E-state index contributed by atoms with van der Waals surface area (Å²) in [5.41, 5.74) is 2.49. The number of anilines is 1. The second kappa shape index (κ2) is 8.24. The Morgan fingerprint density at radius 2 is 2.07 bits per heavy atom. The summed E-state index contributed by atoms with van der Waals surface area (Å²) in [6.07, 6.45) is 2.47. The van der Waals surface area contributed by atoms with E-state index in [2.05, 4.69) is 53.8 Å². The van der Waals surface area contributed by atoms with Gasteiger partial charge >= 0.3 is 0 Å². The van der Waals surface area contributed by atoms with Gasteiger partial charge in [0.15, 0.2) is 0 Å². The second-order valence-corrected chi connectivity index (χ2v) is 8.57. The Kier molecular flexibility index (Phi) is 5.95. The fraction of sp³-hybridized carbons (Fsp3) is 0.500. The molecule has 1 aromatic carbocycles. The zero-order chi connectivity index (χ0) is 20.3. The van der Waals surface area contributed by atoms with Crippen LogP contribution in [0.5, 0.6) is 0 Å². The number of halogens is 1. The Balaban J connectivity index is 1.86. The van der Waals surface area contributed by atoms with Crippen molar-refractivity contribution in [3.8, 4) is 6.07 Å². The molecule has 0 spiro atoms. The lowest BCUT2D eigenvalue weighted by atomic mass is 9.94. The van der Waals surface area contributed by atoms with Crippen LogP contribution in [0.15, 0.2) is 30.5 Å². The predicted octanol–water partition coefficient (Wildman–Crippen LogP) is 3.79. The average molecular weight is 381 g/mol. The van der Waals surface area contributed by atoms with E-state index < -0.39 is 5.82 Å². The van der Waals surface area contributed by atoms with Gasteiger partial charge in [0.2, 0.25) is 0 Å². The summed E-state index contributed by atoms with van der Waals surface area (Å²) in [6.45, 7) is 11.6. The topological polar surface area (TPSA) is 56.1 Å². The van der Waals surface area contributed by atoms with E-state index in [4.69, 9.17) is 0 Å². The van der Waals surface area contributed by atoms with Crippen molar-refractivity contribution < 1.29 is 4.39 Å². The maximum atomic E-state index is 14.7. The van der Waals surface area contributed by atoms with Gasteiger partial charge in [-0.2, -0.15) is 15.5 Å². The van der Waals surface area contributed by atoms with Crippen molar-refractivity contribution in [2.75, 3.05) is 24.5 Å². The van der Waals surface area contributed by atoms with Gasteiger partial charge in [0.25, 0.3) is 0 Å². The molecule has 3 rings (SSSR count). The van der Waals surface area contributed by atoms with E-state index in [9.17, 15) is 9.65 Å². The lowest BCUT2D eigenvalue weighted by Crippen LogP contribution is -2.59. The highest BCUT2D eigenvalue weighted by Gasteiger charge is 2.35. The van der Waals surface area contributed by atoms with E-state index in [-0.39, 0.29) is 11.1 Å². The second-order valence-electron chi connectivity index (χ2n) is 8.57. The first-order valence-electron chi connectivity index (χ1n) is 9.79. The van der Waals surface area contributed by atoms with E-state index in [0.717, 1.165) is 43.9 Å². The Bertz CT molecular complexity index is 857. The molecule has 1 fully saturated rings. The Morgan fingerprint density at radius 1 is 1.29 bits per heavy atom. The Labute approximate surface area is 166 Å². The molecule has 1 aliphatic heterocycles. The molecule has 1 saturated heterocycles. The Hall–Kier alpha value is -2.52. The summed E-state index contributed by atoms with van der Waals surface area (Å²) in [7, 11) is 0. The van der Waals surface area contributed by atoms with Crippen molar-refractivity contribution in [1.29, 1.82) is 5.26 Å². The van der Waals surface area contributed by atoms with Gasteiger partial charge in [-0.15, -0.1) is 0 Å². The summed E-state index contributed by atoms with van der Waals surface area (Å²) >= 11 is 0. The fourth-order valence-electron chi connectivity index (χ4n) is 4.04. The van der Waals surface area contributed by atoms with Crippen molar-refractivity contribution in [3.05, 3.63) is 53.1 Å².